The lowest BCUT2D eigenvalue weighted by Crippen LogP contribution is -2.39. The summed E-state index contributed by atoms with van der Waals surface area (Å²) in [6.07, 6.45) is 1.64. The van der Waals surface area contributed by atoms with Crippen LogP contribution in [0.1, 0.15) is 23.5 Å². The molecule has 2 rings (SSSR count). The fraction of sp³-hybridized carbons (Fsp3) is 0.412. The molecule has 124 valence electrons. The van der Waals surface area contributed by atoms with Crippen LogP contribution in [0.4, 0.5) is 0 Å². The van der Waals surface area contributed by atoms with Crippen molar-refractivity contribution in [2.45, 2.75) is 13.8 Å². The Morgan fingerprint density at radius 3 is 2.57 bits per heavy atom. The minimum absolute atomic E-state index is 0.0243. The highest BCUT2D eigenvalue weighted by molar-refractivity contribution is 7.16. The zero-order valence-corrected chi connectivity index (χ0v) is 14.8. The Balaban J connectivity index is 2.13. The van der Waals surface area contributed by atoms with Gasteiger partial charge in [-0.3, -0.25) is 4.79 Å². The number of carbonyl (C=O) groups excluding carboxylic acids is 1. The summed E-state index contributed by atoms with van der Waals surface area (Å²) in [5.74, 6) is 0.772. The van der Waals surface area contributed by atoms with Gasteiger partial charge in [-0.1, -0.05) is 13.8 Å². The van der Waals surface area contributed by atoms with Crippen molar-refractivity contribution in [3.05, 3.63) is 35.3 Å². The van der Waals surface area contributed by atoms with Crippen LogP contribution >= 0.6 is 11.3 Å². The van der Waals surface area contributed by atoms with E-state index in [2.05, 4.69) is 4.98 Å². The summed E-state index contributed by atoms with van der Waals surface area (Å²) < 4.78 is 5.15. The van der Waals surface area contributed by atoms with Gasteiger partial charge in [-0.25, -0.2) is 4.98 Å². The average molecular weight is 333 g/mol. The summed E-state index contributed by atoms with van der Waals surface area (Å²) in [5, 5.41) is 0.822. The zero-order chi connectivity index (χ0) is 17.0. The summed E-state index contributed by atoms with van der Waals surface area (Å²) in [7, 11) is 3.43. The molecule has 1 aromatic heterocycles. The molecule has 0 saturated heterocycles. The minimum Gasteiger partial charge on any atom is -0.497 e. The topological polar surface area (TPSA) is 68.5 Å². The molecule has 0 aliphatic heterocycles. The van der Waals surface area contributed by atoms with Gasteiger partial charge in [0.1, 0.15) is 15.6 Å². The van der Waals surface area contributed by atoms with Crippen molar-refractivity contribution in [2.75, 3.05) is 27.2 Å². The fourth-order valence-corrected chi connectivity index (χ4v) is 3.12. The second-order valence-electron chi connectivity index (χ2n) is 6.29. The fourth-order valence-electron chi connectivity index (χ4n) is 2.21. The van der Waals surface area contributed by atoms with Crippen LogP contribution in [0, 0.1) is 5.41 Å². The third-order valence-corrected chi connectivity index (χ3v) is 4.65. The van der Waals surface area contributed by atoms with Gasteiger partial charge in [-0.2, -0.15) is 0 Å². The molecular weight excluding hydrogens is 310 g/mol. The van der Waals surface area contributed by atoms with Crippen LogP contribution < -0.4 is 10.5 Å². The van der Waals surface area contributed by atoms with E-state index in [9.17, 15) is 4.79 Å². The maximum Gasteiger partial charge on any atom is 0.265 e. The molecule has 0 saturated carbocycles. The zero-order valence-electron chi connectivity index (χ0n) is 14.0. The highest BCUT2D eigenvalue weighted by Crippen LogP contribution is 2.27. The minimum atomic E-state index is -0.103. The number of nitrogens with zero attached hydrogens (tertiary/aromatic N) is 2. The van der Waals surface area contributed by atoms with Crippen LogP contribution in [0.3, 0.4) is 0 Å². The molecule has 0 atom stereocenters. The van der Waals surface area contributed by atoms with Gasteiger partial charge in [0.2, 0.25) is 0 Å². The van der Waals surface area contributed by atoms with E-state index in [4.69, 9.17) is 10.5 Å². The molecule has 2 N–H and O–H groups in total. The predicted octanol–water partition coefficient (Wildman–Crippen LogP) is 2.88. The van der Waals surface area contributed by atoms with E-state index in [1.54, 1.807) is 25.3 Å². The van der Waals surface area contributed by atoms with Crippen LogP contribution in [0.15, 0.2) is 30.5 Å². The van der Waals surface area contributed by atoms with Crippen LogP contribution in [-0.2, 0) is 0 Å². The van der Waals surface area contributed by atoms with E-state index in [-0.39, 0.29) is 11.3 Å². The van der Waals surface area contributed by atoms with E-state index >= 15 is 0 Å². The lowest BCUT2D eigenvalue weighted by molar-refractivity contribution is 0.0745. The molecule has 0 spiro atoms. The van der Waals surface area contributed by atoms with Crippen molar-refractivity contribution in [1.82, 2.24) is 9.88 Å². The molecule has 0 bridgehead atoms. The quantitative estimate of drug-likeness (QED) is 0.882. The number of hydrogen-bond acceptors (Lipinski definition) is 5. The number of thiazole rings is 1. The second kappa shape index (κ2) is 7.10. The van der Waals surface area contributed by atoms with Crippen molar-refractivity contribution in [1.29, 1.82) is 0 Å². The smallest absolute Gasteiger partial charge is 0.265 e. The molecule has 5 nitrogen and oxygen atoms in total. The van der Waals surface area contributed by atoms with Gasteiger partial charge < -0.3 is 15.4 Å². The van der Waals surface area contributed by atoms with Gasteiger partial charge in [0.25, 0.3) is 5.91 Å². The third-order valence-electron chi connectivity index (χ3n) is 3.62. The summed E-state index contributed by atoms with van der Waals surface area (Å²) >= 11 is 1.40. The summed E-state index contributed by atoms with van der Waals surface area (Å²) in [4.78, 5) is 19.2. The Hall–Kier alpha value is -1.92. The summed E-state index contributed by atoms with van der Waals surface area (Å²) in [5.41, 5.74) is 6.61. The van der Waals surface area contributed by atoms with Crippen LogP contribution in [0.2, 0.25) is 0 Å². The first-order chi connectivity index (χ1) is 10.9. The number of amides is 1. The van der Waals surface area contributed by atoms with Gasteiger partial charge in [-0.15, -0.1) is 11.3 Å². The number of aromatic nitrogens is 1. The number of carbonyl (C=O) groups is 1. The van der Waals surface area contributed by atoms with Gasteiger partial charge in [0.15, 0.2) is 0 Å². The van der Waals surface area contributed by atoms with E-state index in [1.807, 2.05) is 38.1 Å². The number of ether oxygens (including phenoxy) is 1. The van der Waals surface area contributed by atoms with Crippen molar-refractivity contribution in [3.8, 4) is 16.3 Å². The predicted molar refractivity (Wildman–Crippen MR) is 93.9 cm³/mol. The first kappa shape index (κ1) is 17.4. The average Bonchev–Trinajstić information content (AvgIpc) is 3.03. The summed E-state index contributed by atoms with van der Waals surface area (Å²) in [6.45, 7) is 5.24. The lowest BCUT2D eigenvalue weighted by Gasteiger charge is -2.28. The Bertz CT molecular complexity index is 665. The van der Waals surface area contributed by atoms with Gasteiger partial charge in [0, 0.05) is 19.2 Å². The number of benzene rings is 1. The molecule has 0 unspecified atom stereocenters. The highest BCUT2D eigenvalue weighted by Gasteiger charge is 2.23. The molecule has 0 aliphatic rings. The molecule has 1 aromatic carbocycles. The van der Waals surface area contributed by atoms with E-state index < -0.39 is 0 Å². The van der Waals surface area contributed by atoms with Crippen molar-refractivity contribution < 1.29 is 9.53 Å². The maximum absolute atomic E-state index is 12.5. The van der Waals surface area contributed by atoms with Crippen LogP contribution in [-0.4, -0.2) is 43.0 Å². The number of rotatable bonds is 6. The molecule has 23 heavy (non-hydrogen) atoms. The van der Waals surface area contributed by atoms with Crippen LogP contribution in [0.5, 0.6) is 5.75 Å². The molecular formula is C17H23N3O2S. The molecule has 1 heterocycles. The molecule has 0 aliphatic carbocycles. The van der Waals surface area contributed by atoms with Gasteiger partial charge in [0.05, 0.1) is 13.3 Å². The first-order valence-corrected chi connectivity index (χ1v) is 8.24. The second-order valence-corrected chi connectivity index (χ2v) is 7.32. The number of methoxy groups -OCH3 is 1. The largest absolute Gasteiger partial charge is 0.497 e. The third kappa shape index (κ3) is 4.30. The number of hydrogen-bond donors (Lipinski definition) is 1. The number of nitrogens with two attached hydrogens (primary N) is 1. The van der Waals surface area contributed by atoms with Gasteiger partial charge in [-0.05, 0) is 36.2 Å². The van der Waals surface area contributed by atoms with Crippen molar-refractivity contribution in [3.63, 3.8) is 0 Å². The summed E-state index contributed by atoms with van der Waals surface area (Å²) in [6, 6.07) is 7.64. The highest BCUT2D eigenvalue weighted by atomic mass is 32.1. The van der Waals surface area contributed by atoms with Crippen molar-refractivity contribution >= 4 is 17.2 Å². The molecule has 0 fully saturated rings. The van der Waals surface area contributed by atoms with Crippen molar-refractivity contribution in [2.24, 2.45) is 11.1 Å². The van der Waals surface area contributed by atoms with Gasteiger partial charge >= 0.3 is 0 Å². The Labute approximate surface area is 141 Å². The Morgan fingerprint density at radius 1 is 1.35 bits per heavy atom. The van der Waals surface area contributed by atoms with Crippen LogP contribution in [0.25, 0.3) is 10.6 Å². The molecule has 1 amide bonds. The normalized spacial score (nSPS) is 11.3. The van der Waals surface area contributed by atoms with E-state index in [1.165, 1.54) is 11.3 Å². The monoisotopic (exact) mass is 333 g/mol. The molecule has 6 heteroatoms. The molecule has 2 aromatic rings. The van der Waals surface area contributed by atoms with E-state index in [0.29, 0.717) is 18.0 Å². The van der Waals surface area contributed by atoms with E-state index in [0.717, 1.165) is 16.3 Å². The Kier molecular flexibility index (Phi) is 5.38. The Morgan fingerprint density at radius 2 is 2.00 bits per heavy atom. The SMILES string of the molecule is COc1ccc(-c2ncc(C(=O)N(C)CC(C)(C)CN)s2)cc1. The maximum atomic E-state index is 12.5. The lowest BCUT2D eigenvalue weighted by atomic mass is 9.93. The first-order valence-electron chi connectivity index (χ1n) is 7.42. The standard InChI is InChI=1S/C17H23N3O2S/c1-17(2,10-18)11-20(3)16(21)14-9-19-15(23-14)12-5-7-13(22-4)8-6-12/h5-9H,10-11,18H2,1-4H3. The molecule has 0 radical (unpaired) electrons.